The van der Waals surface area contributed by atoms with Gasteiger partial charge in [-0.3, -0.25) is 4.79 Å². The minimum absolute atomic E-state index is 0.00854. The van der Waals surface area contributed by atoms with Gasteiger partial charge in [0.05, 0.1) is 5.02 Å². The number of ketones is 1. The van der Waals surface area contributed by atoms with E-state index in [4.69, 9.17) is 32.4 Å². The summed E-state index contributed by atoms with van der Waals surface area (Å²) >= 11 is 11.8. The lowest BCUT2D eigenvalue weighted by Crippen LogP contribution is -2.14. The lowest BCUT2D eigenvalue weighted by Gasteiger charge is -2.04. The van der Waals surface area contributed by atoms with Crippen LogP contribution in [0.4, 0.5) is 0 Å². The Morgan fingerprint density at radius 1 is 1.04 bits per heavy atom. The first-order chi connectivity index (χ1) is 11.0. The summed E-state index contributed by atoms with van der Waals surface area (Å²) in [5.74, 6) is -1.10. The fourth-order valence-corrected chi connectivity index (χ4v) is 2.50. The SMILES string of the molecule is O=C(OCC(=O)c1ccccc1Cl)c1cc2cc(Cl)ccc2o1. The van der Waals surface area contributed by atoms with Crippen molar-refractivity contribution in [3.05, 3.63) is 69.9 Å². The number of hydrogen-bond donors (Lipinski definition) is 0. The van der Waals surface area contributed by atoms with E-state index in [0.29, 0.717) is 26.6 Å². The largest absolute Gasteiger partial charge is 0.451 e. The molecule has 0 spiro atoms. The maximum Gasteiger partial charge on any atom is 0.374 e. The number of halogens is 2. The molecule has 0 amide bonds. The molecule has 1 heterocycles. The van der Waals surface area contributed by atoms with Crippen LogP contribution < -0.4 is 0 Å². The van der Waals surface area contributed by atoms with Crippen molar-refractivity contribution < 1.29 is 18.7 Å². The van der Waals surface area contributed by atoms with Crippen molar-refractivity contribution in [2.75, 3.05) is 6.61 Å². The Kier molecular flexibility index (Phi) is 4.37. The number of carbonyl (C=O) groups excluding carboxylic acids is 2. The van der Waals surface area contributed by atoms with Gasteiger partial charge in [0.2, 0.25) is 11.5 Å². The molecular weight excluding hydrogens is 339 g/mol. The van der Waals surface area contributed by atoms with Gasteiger partial charge in [0.15, 0.2) is 6.61 Å². The zero-order valence-corrected chi connectivity index (χ0v) is 13.2. The fourth-order valence-electron chi connectivity index (χ4n) is 2.08. The smallest absolute Gasteiger partial charge is 0.374 e. The van der Waals surface area contributed by atoms with E-state index in [-0.39, 0.29) is 11.5 Å². The van der Waals surface area contributed by atoms with Crippen LogP contribution >= 0.6 is 23.2 Å². The zero-order valence-electron chi connectivity index (χ0n) is 11.7. The molecule has 0 unspecified atom stereocenters. The van der Waals surface area contributed by atoms with Gasteiger partial charge in [0.1, 0.15) is 5.58 Å². The third-order valence-corrected chi connectivity index (χ3v) is 3.75. The molecule has 116 valence electrons. The number of furan rings is 1. The van der Waals surface area contributed by atoms with Gasteiger partial charge in [-0.25, -0.2) is 4.79 Å². The van der Waals surface area contributed by atoms with Crippen molar-refractivity contribution in [2.45, 2.75) is 0 Å². The highest BCUT2D eigenvalue weighted by Crippen LogP contribution is 2.23. The lowest BCUT2D eigenvalue weighted by molar-refractivity contribution is 0.0446. The lowest BCUT2D eigenvalue weighted by atomic mass is 10.1. The van der Waals surface area contributed by atoms with Crippen LogP contribution in [0.3, 0.4) is 0 Å². The van der Waals surface area contributed by atoms with Crippen LogP contribution in [0.2, 0.25) is 10.0 Å². The van der Waals surface area contributed by atoms with E-state index in [1.165, 1.54) is 6.07 Å². The number of carbonyl (C=O) groups is 2. The predicted molar refractivity (Wildman–Crippen MR) is 87.3 cm³/mol. The predicted octanol–water partition coefficient (Wildman–Crippen LogP) is 4.78. The maximum absolute atomic E-state index is 12.0. The molecule has 0 atom stereocenters. The van der Waals surface area contributed by atoms with Crippen molar-refractivity contribution in [2.24, 2.45) is 0 Å². The fraction of sp³-hybridized carbons (Fsp3) is 0.0588. The van der Waals surface area contributed by atoms with E-state index < -0.39 is 12.6 Å². The molecule has 0 aliphatic heterocycles. The number of benzene rings is 2. The van der Waals surface area contributed by atoms with Crippen LogP contribution in [-0.4, -0.2) is 18.4 Å². The summed E-state index contributed by atoms with van der Waals surface area (Å²) in [4.78, 5) is 24.0. The number of rotatable bonds is 4. The molecule has 2 aromatic carbocycles. The molecule has 1 aromatic heterocycles. The molecule has 0 aliphatic rings. The van der Waals surface area contributed by atoms with E-state index in [1.807, 2.05) is 0 Å². The molecule has 0 N–H and O–H groups in total. The monoisotopic (exact) mass is 348 g/mol. The Morgan fingerprint density at radius 3 is 2.61 bits per heavy atom. The summed E-state index contributed by atoms with van der Waals surface area (Å²) < 4.78 is 10.4. The summed E-state index contributed by atoms with van der Waals surface area (Å²) in [7, 11) is 0. The van der Waals surface area contributed by atoms with E-state index in [2.05, 4.69) is 0 Å². The quantitative estimate of drug-likeness (QED) is 0.502. The number of Topliss-reactive ketones (excluding diaryl/α,β-unsaturated/α-hetero) is 1. The summed E-state index contributed by atoms with van der Waals surface area (Å²) in [6.07, 6.45) is 0. The molecule has 0 saturated heterocycles. The van der Waals surface area contributed by atoms with Gasteiger partial charge in [-0.15, -0.1) is 0 Å². The van der Waals surface area contributed by atoms with Crippen LogP contribution in [0.15, 0.2) is 52.9 Å². The molecule has 4 nitrogen and oxygen atoms in total. The van der Waals surface area contributed by atoms with Crippen molar-refractivity contribution in [3.63, 3.8) is 0 Å². The van der Waals surface area contributed by atoms with Gasteiger partial charge in [-0.05, 0) is 36.4 Å². The molecule has 0 bridgehead atoms. The summed E-state index contributed by atoms with van der Waals surface area (Å²) in [5, 5.41) is 1.53. The van der Waals surface area contributed by atoms with Gasteiger partial charge in [0, 0.05) is 16.0 Å². The second-order valence-corrected chi connectivity index (χ2v) is 5.62. The summed E-state index contributed by atoms with van der Waals surface area (Å²) in [6.45, 7) is -0.416. The third kappa shape index (κ3) is 3.38. The Hall–Kier alpha value is -2.30. The highest BCUT2D eigenvalue weighted by Gasteiger charge is 2.17. The van der Waals surface area contributed by atoms with Gasteiger partial charge in [-0.1, -0.05) is 35.3 Å². The number of esters is 1. The molecule has 3 rings (SSSR count). The highest BCUT2D eigenvalue weighted by atomic mass is 35.5. The normalized spacial score (nSPS) is 10.7. The molecule has 0 fully saturated rings. The van der Waals surface area contributed by atoms with Gasteiger partial charge in [-0.2, -0.15) is 0 Å². The second-order valence-electron chi connectivity index (χ2n) is 4.77. The molecule has 6 heteroatoms. The maximum atomic E-state index is 12.0. The van der Waals surface area contributed by atoms with E-state index >= 15 is 0 Å². The van der Waals surface area contributed by atoms with E-state index in [0.717, 1.165) is 0 Å². The van der Waals surface area contributed by atoms with E-state index in [9.17, 15) is 9.59 Å². The first kappa shape index (κ1) is 15.6. The van der Waals surface area contributed by atoms with Gasteiger partial charge >= 0.3 is 5.97 Å². The summed E-state index contributed by atoms with van der Waals surface area (Å²) in [5.41, 5.74) is 0.817. The summed E-state index contributed by atoms with van der Waals surface area (Å²) in [6, 6.07) is 13.1. The first-order valence-electron chi connectivity index (χ1n) is 6.68. The topological polar surface area (TPSA) is 56.5 Å². The first-order valence-corrected chi connectivity index (χ1v) is 7.44. The molecule has 0 saturated carbocycles. The molecule has 23 heavy (non-hydrogen) atoms. The van der Waals surface area contributed by atoms with Crippen molar-refractivity contribution >= 4 is 45.9 Å². The number of fused-ring (bicyclic) bond motifs is 1. The van der Waals surface area contributed by atoms with Crippen LogP contribution in [0.5, 0.6) is 0 Å². The Balaban J connectivity index is 1.71. The second kappa shape index (κ2) is 6.44. The standard InChI is InChI=1S/C17H10Cl2O4/c18-11-5-6-15-10(7-11)8-16(23-15)17(21)22-9-14(20)12-3-1-2-4-13(12)19/h1-8H,9H2. The van der Waals surface area contributed by atoms with Crippen LogP contribution in [0, 0.1) is 0 Å². The number of hydrogen-bond acceptors (Lipinski definition) is 4. The van der Waals surface area contributed by atoms with Crippen LogP contribution in [0.1, 0.15) is 20.9 Å². The third-order valence-electron chi connectivity index (χ3n) is 3.19. The average Bonchev–Trinajstić information content (AvgIpc) is 2.95. The molecule has 0 radical (unpaired) electrons. The molecular formula is C17H10Cl2O4. The minimum atomic E-state index is -0.724. The minimum Gasteiger partial charge on any atom is -0.451 e. The van der Waals surface area contributed by atoms with Crippen molar-refractivity contribution in [1.82, 2.24) is 0 Å². The Labute approximate surface area is 141 Å². The van der Waals surface area contributed by atoms with Crippen LogP contribution in [0.25, 0.3) is 11.0 Å². The average molecular weight is 349 g/mol. The Morgan fingerprint density at radius 2 is 1.83 bits per heavy atom. The van der Waals surface area contributed by atoms with Crippen molar-refractivity contribution in [3.8, 4) is 0 Å². The molecule has 0 aliphatic carbocycles. The van der Waals surface area contributed by atoms with E-state index in [1.54, 1.807) is 42.5 Å². The van der Waals surface area contributed by atoms with Crippen LogP contribution in [-0.2, 0) is 4.74 Å². The van der Waals surface area contributed by atoms with Gasteiger partial charge < -0.3 is 9.15 Å². The van der Waals surface area contributed by atoms with Gasteiger partial charge in [0.25, 0.3) is 0 Å². The Bertz CT molecular complexity index is 898. The molecule has 3 aromatic rings. The van der Waals surface area contributed by atoms with Crippen molar-refractivity contribution in [1.29, 1.82) is 0 Å². The number of ether oxygens (including phenoxy) is 1. The zero-order chi connectivity index (χ0) is 16.4. The highest BCUT2D eigenvalue weighted by molar-refractivity contribution is 6.34.